The molecule has 0 radical (unpaired) electrons. The summed E-state index contributed by atoms with van der Waals surface area (Å²) in [4.78, 5) is 12.3. The number of carbonyl (C=O) groups excluding carboxylic acids is 1. The number of benzene rings is 1. The highest BCUT2D eigenvalue weighted by molar-refractivity contribution is 7.89. The van der Waals surface area contributed by atoms with E-state index in [4.69, 9.17) is 4.74 Å². The first-order valence-electron chi connectivity index (χ1n) is 9.27. The molecule has 26 heavy (non-hydrogen) atoms. The summed E-state index contributed by atoms with van der Waals surface area (Å²) in [6.07, 6.45) is 1.98. The van der Waals surface area contributed by atoms with Gasteiger partial charge in [0.25, 0.3) is 0 Å². The lowest BCUT2D eigenvalue weighted by atomic mass is 9.97. The quantitative estimate of drug-likeness (QED) is 0.787. The van der Waals surface area contributed by atoms with Gasteiger partial charge in [0.2, 0.25) is 15.9 Å². The second-order valence-corrected chi connectivity index (χ2v) is 8.94. The number of ether oxygens (including phenoxy) is 1. The van der Waals surface area contributed by atoms with Crippen molar-refractivity contribution in [2.45, 2.75) is 50.8 Å². The Hall–Kier alpha value is -1.60. The number of nitrogens with zero attached hydrogens (tertiary/aromatic N) is 1. The molecule has 1 aromatic rings. The molecule has 0 aliphatic carbocycles. The van der Waals surface area contributed by atoms with Crippen molar-refractivity contribution in [3.05, 3.63) is 23.8 Å². The van der Waals surface area contributed by atoms with E-state index in [9.17, 15) is 13.2 Å². The smallest absolute Gasteiger partial charge is 0.246 e. The third-order valence-corrected chi connectivity index (χ3v) is 6.77. The van der Waals surface area contributed by atoms with Crippen molar-refractivity contribution in [3.8, 4) is 5.75 Å². The highest BCUT2D eigenvalue weighted by Gasteiger charge is 2.33. The van der Waals surface area contributed by atoms with Gasteiger partial charge in [0.15, 0.2) is 0 Å². The first-order valence-corrected chi connectivity index (χ1v) is 10.7. The fourth-order valence-electron chi connectivity index (χ4n) is 3.14. The van der Waals surface area contributed by atoms with E-state index in [1.807, 2.05) is 26.8 Å². The lowest BCUT2D eigenvalue weighted by molar-refractivity contribution is -0.126. The van der Waals surface area contributed by atoms with E-state index in [0.29, 0.717) is 38.2 Å². The van der Waals surface area contributed by atoms with Gasteiger partial charge in [-0.25, -0.2) is 8.42 Å². The average molecular weight is 383 g/mol. The Morgan fingerprint density at radius 3 is 2.50 bits per heavy atom. The molecule has 146 valence electrons. The largest absolute Gasteiger partial charge is 0.495 e. The Labute approximate surface area is 157 Å². The van der Waals surface area contributed by atoms with Crippen LogP contribution in [0.5, 0.6) is 5.75 Å². The highest BCUT2D eigenvalue weighted by Crippen LogP contribution is 2.32. The minimum atomic E-state index is -3.65. The standard InChI is InChI=1S/C19H30N2O4S/c1-5-10-20-19(22)15-8-11-21(12-9-15)26(23,24)18-13-16(14(2)3)6-7-17(18)25-4/h6-7,13-15H,5,8-12H2,1-4H3,(H,20,22). The monoisotopic (exact) mass is 382 g/mol. The lowest BCUT2D eigenvalue weighted by Gasteiger charge is -2.31. The fourth-order valence-corrected chi connectivity index (χ4v) is 4.80. The molecule has 0 aromatic heterocycles. The normalized spacial score (nSPS) is 16.7. The van der Waals surface area contributed by atoms with Crippen molar-refractivity contribution in [2.75, 3.05) is 26.7 Å². The van der Waals surface area contributed by atoms with Crippen LogP contribution < -0.4 is 10.1 Å². The molecule has 0 atom stereocenters. The number of hydrogen-bond donors (Lipinski definition) is 1. The summed E-state index contributed by atoms with van der Waals surface area (Å²) in [5.74, 6) is 0.500. The van der Waals surface area contributed by atoms with Crippen LogP contribution in [0, 0.1) is 5.92 Å². The molecule has 6 nitrogen and oxygen atoms in total. The molecule has 0 unspecified atom stereocenters. The molecule has 1 fully saturated rings. The van der Waals surface area contributed by atoms with E-state index in [2.05, 4.69) is 5.32 Å². The van der Waals surface area contributed by atoms with Crippen molar-refractivity contribution in [1.29, 1.82) is 0 Å². The molecule has 1 aromatic carbocycles. The lowest BCUT2D eigenvalue weighted by Crippen LogP contribution is -2.43. The summed E-state index contributed by atoms with van der Waals surface area (Å²) < 4.78 is 33.0. The number of carbonyl (C=O) groups is 1. The van der Waals surface area contributed by atoms with E-state index < -0.39 is 10.0 Å². The van der Waals surface area contributed by atoms with Crippen LogP contribution in [0.3, 0.4) is 0 Å². The van der Waals surface area contributed by atoms with Gasteiger partial charge in [0.05, 0.1) is 7.11 Å². The number of amides is 1. The van der Waals surface area contributed by atoms with Crippen LogP contribution in [0.1, 0.15) is 51.5 Å². The van der Waals surface area contributed by atoms with Crippen molar-refractivity contribution >= 4 is 15.9 Å². The topological polar surface area (TPSA) is 75.7 Å². The number of nitrogens with one attached hydrogen (secondary N) is 1. The SMILES string of the molecule is CCCNC(=O)C1CCN(S(=O)(=O)c2cc(C(C)C)ccc2OC)CC1. The zero-order valence-corrected chi connectivity index (χ0v) is 16.9. The number of hydrogen-bond acceptors (Lipinski definition) is 4. The van der Waals surface area contributed by atoms with Gasteiger partial charge in [-0.2, -0.15) is 4.31 Å². The van der Waals surface area contributed by atoms with Gasteiger partial charge in [-0.15, -0.1) is 0 Å². The predicted molar refractivity (Wildman–Crippen MR) is 102 cm³/mol. The summed E-state index contributed by atoms with van der Waals surface area (Å²) in [6, 6.07) is 5.32. The maximum absolute atomic E-state index is 13.1. The molecule has 1 amide bonds. The Kier molecular flexibility index (Phi) is 7.06. The highest BCUT2D eigenvalue weighted by atomic mass is 32.2. The van der Waals surface area contributed by atoms with Crippen LogP contribution in [0.2, 0.25) is 0 Å². The number of sulfonamides is 1. The van der Waals surface area contributed by atoms with Crippen molar-refractivity contribution in [3.63, 3.8) is 0 Å². The third-order valence-electron chi connectivity index (χ3n) is 4.85. The molecule has 0 saturated carbocycles. The Morgan fingerprint density at radius 2 is 1.96 bits per heavy atom. The van der Waals surface area contributed by atoms with Gasteiger partial charge >= 0.3 is 0 Å². The predicted octanol–water partition coefficient (Wildman–Crippen LogP) is 2.75. The van der Waals surface area contributed by atoms with Crippen LogP contribution in [0.25, 0.3) is 0 Å². The molecular formula is C19H30N2O4S. The number of rotatable bonds is 7. The van der Waals surface area contributed by atoms with Crippen LogP contribution >= 0.6 is 0 Å². The summed E-state index contributed by atoms with van der Waals surface area (Å²) in [6.45, 7) is 7.42. The minimum Gasteiger partial charge on any atom is -0.495 e. The van der Waals surface area contributed by atoms with Gasteiger partial charge in [-0.1, -0.05) is 26.8 Å². The first-order chi connectivity index (χ1) is 12.3. The van der Waals surface area contributed by atoms with Gasteiger partial charge in [-0.3, -0.25) is 4.79 Å². The Balaban J connectivity index is 2.17. The summed E-state index contributed by atoms with van der Waals surface area (Å²) >= 11 is 0. The second-order valence-electron chi connectivity index (χ2n) is 7.03. The second kappa shape index (κ2) is 8.86. The Morgan fingerprint density at radius 1 is 1.31 bits per heavy atom. The molecule has 0 spiro atoms. The molecular weight excluding hydrogens is 352 g/mol. The molecule has 1 aliphatic rings. The van der Waals surface area contributed by atoms with E-state index >= 15 is 0 Å². The van der Waals surface area contributed by atoms with E-state index in [0.717, 1.165) is 12.0 Å². The summed E-state index contributed by atoms with van der Waals surface area (Å²) in [5, 5.41) is 2.90. The van der Waals surface area contributed by atoms with Crippen molar-refractivity contribution < 1.29 is 17.9 Å². The zero-order chi connectivity index (χ0) is 19.3. The van der Waals surface area contributed by atoms with E-state index in [-0.39, 0.29) is 22.6 Å². The van der Waals surface area contributed by atoms with Crippen LogP contribution in [0.15, 0.2) is 23.1 Å². The van der Waals surface area contributed by atoms with E-state index in [1.165, 1.54) is 11.4 Å². The van der Waals surface area contributed by atoms with Crippen molar-refractivity contribution in [1.82, 2.24) is 9.62 Å². The number of methoxy groups -OCH3 is 1. The molecule has 0 bridgehead atoms. The summed E-state index contributed by atoms with van der Waals surface area (Å²) in [7, 11) is -2.17. The molecule has 1 N–H and O–H groups in total. The van der Waals surface area contributed by atoms with Crippen molar-refractivity contribution in [2.24, 2.45) is 5.92 Å². The maximum Gasteiger partial charge on any atom is 0.246 e. The van der Waals surface area contributed by atoms with Gasteiger partial charge < -0.3 is 10.1 Å². The zero-order valence-electron chi connectivity index (χ0n) is 16.1. The van der Waals surface area contributed by atoms with Crippen LogP contribution in [-0.4, -0.2) is 45.4 Å². The third kappa shape index (κ3) is 4.57. The van der Waals surface area contributed by atoms with Gasteiger partial charge in [0.1, 0.15) is 10.6 Å². The Bertz CT molecular complexity index is 723. The van der Waals surface area contributed by atoms with Crippen LogP contribution in [0.4, 0.5) is 0 Å². The molecule has 1 saturated heterocycles. The van der Waals surface area contributed by atoms with Gasteiger partial charge in [-0.05, 0) is 42.9 Å². The first kappa shape index (κ1) is 20.7. The number of piperidine rings is 1. The van der Waals surface area contributed by atoms with Crippen LogP contribution in [-0.2, 0) is 14.8 Å². The minimum absolute atomic E-state index is 0.0308. The van der Waals surface area contributed by atoms with E-state index in [1.54, 1.807) is 12.1 Å². The molecule has 2 rings (SSSR count). The maximum atomic E-state index is 13.1. The fraction of sp³-hybridized carbons (Fsp3) is 0.632. The summed E-state index contributed by atoms with van der Waals surface area (Å²) in [5.41, 5.74) is 0.957. The average Bonchev–Trinajstić information content (AvgIpc) is 2.65. The molecule has 1 aliphatic heterocycles. The molecule has 7 heteroatoms. The van der Waals surface area contributed by atoms with Gasteiger partial charge in [0, 0.05) is 25.6 Å². The molecule has 1 heterocycles.